The highest BCUT2D eigenvalue weighted by atomic mass is 32.2. The van der Waals surface area contributed by atoms with Gasteiger partial charge in [-0.15, -0.1) is 11.8 Å². The number of thioether (sulfide) groups is 1. The summed E-state index contributed by atoms with van der Waals surface area (Å²) >= 11 is 1.32. The lowest BCUT2D eigenvalue weighted by atomic mass is 9.82. The van der Waals surface area contributed by atoms with E-state index in [-0.39, 0.29) is 11.4 Å². The number of primary amides is 1. The Kier molecular flexibility index (Phi) is 3.59. The zero-order chi connectivity index (χ0) is 16.8. The molecule has 0 spiro atoms. The van der Waals surface area contributed by atoms with Gasteiger partial charge in [0.25, 0.3) is 0 Å². The first-order chi connectivity index (χ1) is 10.9. The van der Waals surface area contributed by atoms with Gasteiger partial charge in [0.05, 0.1) is 28.2 Å². The molecule has 1 aromatic rings. The summed E-state index contributed by atoms with van der Waals surface area (Å²) in [5, 5.41) is 20.7. The smallest absolute Gasteiger partial charge is 0.248 e. The van der Waals surface area contributed by atoms with Crippen LogP contribution in [0.3, 0.4) is 0 Å². The summed E-state index contributed by atoms with van der Waals surface area (Å²) in [4.78, 5) is 13.6. The molecule has 1 amide bonds. The third-order valence-corrected chi connectivity index (χ3v) is 5.38. The number of nitrogens with zero attached hydrogens (tertiary/aromatic N) is 2. The Morgan fingerprint density at radius 3 is 2.70 bits per heavy atom. The fourth-order valence-electron chi connectivity index (χ4n) is 3.00. The summed E-state index contributed by atoms with van der Waals surface area (Å²) in [5.74, 6) is -0.743. The minimum Gasteiger partial charge on any atom is -0.384 e. The minimum absolute atomic E-state index is 0.163. The number of hydrogen-bond acceptors (Lipinski definition) is 6. The Labute approximate surface area is 138 Å². The van der Waals surface area contributed by atoms with E-state index in [1.165, 1.54) is 16.7 Å². The highest BCUT2D eigenvalue weighted by Crippen LogP contribution is 2.50. The maximum absolute atomic E-state index is 12.1. The Balaban J connectivity index is 2.29. The van der Waals surface area contributed by atoms with Crippen molar-refractivity contribution in [3.63, 3.8) is 0 Å². The highest BCUT2D eigenvalue weighted by molar-refractivity contribution is 8.03. The van der Waals surface area contributed by atoms with E-state index in [9.17, 15) is 15.2 Å². The van der Waals surface area contributed by atoms with Crippen molar-refractivity contribution in [2.75, 3.05) is 5.75 Å². The molecule has 5 N–H and O–H groups in total. The molecule has 1 fully saturated rings. The topological polar surface area (TPSA) is 116 Å². The Hall–Kier alpha value is -2.43. The minimum atomic E-state index is -1.27. The molecule has 2 heterocycles. The molecule has 3 rings (SSSR count). The van der Waals surface area contributed by atoms with Gasteiger partial charge in [-0.1, -0.05) is 30.3 Å². The predicted octanol–water partition coefficient (Wildman–Crippen LogP) is 0.932. The van der Waals surface area contributed by atoms with Gasteiger partial charge in [-0.2, -0.15) is 5.26 Å². The first-order valence-electron chi connectivity index (χ1n) is 7.02. The fourth-order valence-corrected chi connectivity index (χ4v) is 4.34. The molecule has 0 aliphatic carbocycles. The zero-order valence-corrected chi connectivity index (χ0v) is 13.3. The molecule has 2 aliphatic rings. The van der Waals surface area contributed by atoms with Crippen molar-refractivity contribution in [2.24, 2.45) is 11.5 Å². The molecular formula is C16H16N4O2S. The molecule has 1 aromatic carbocycles. The molecule has 1 saturated heterocycles. The molecule has 0 unspecified atom stereocenters. The molecule has 0 aromatic heterocycles. The summed E-state index contributed by atoms with van der Waals surface area (Å²) in [6.45, 7) is 1.59. The van der Waals surface area contributed by atoms with Gasteiger partial charge < -0.3 is 16.6 Å². The third kappa shape index (κ3) is 2.27. The quantitative estimate of drug-likeness (QED) is 0.744. The van der Waals surface area contributed by atoms with Gasteiger partial charge >= 0.3 is 0 Å². The second kappa shape index (κ2) is 5.33. The van der Waals surface area contributed by atoms with Crippen molar-refractivity contribution in [3.8, 4) is 6.07 Å². The van der Waals surface area contributed by atoms with Gasteiger partial charge in [0.15, 0.2) is 5.72 Å². The Morgan fingerprint density at radius 1 is 1.48 bits per heavy atom. The van der Waals surface area contributed by atoms with Crippen LogP contribution in [-0.2, 0) is 4.79 Å². The average Bonchev–Trinajstić information content (AvgIpc) is 2.83. The molecule has 0 bridgehead atoms. The molecule has 7 heteroatoms. The number of allylic oxidation sites excluding steroid dienone is 1. The van der Waals surface area contributed by atoms with Crippen molar-refractivity contribution in [1.29, 1.82) is 5.26 Å². The largest absolute Gasteiger partial charge is 0.384 e. The lowest BCUT2D eigenvalue weighted by Gasteiger charge is -2.38. The molecule has 2 atom stereocenters. The standard InChI is InChI=1S/C16H16N4O2S/c1-16(22)8-23-15-12(14(19)21)11(9-5-3-2-4-6-9)10(7-17)13(18)20(15)16/h2-6,11,22H,8,18H2,1H3,(H2,19,21)/t11-,16+/m1/s1. The van der Waals surface area contributed by atoms with Gasteiger partial charge in [0.1, 0.15) is 5.82 Å². The molecule has 0 saturated carbocycles. The van der Waals surface area contributed by atoms with E-state index in [2.05, 4.69) is 6.07 Å². The number of benzene rings is 1. The number of rotatable bonds is 2. The predicted molar refractivity (Wildman–Crippen MR) is 87.2 cm³/mol. The van der Waals surface area contributed by atoms with Crippen LogP contribution in [0.5, 0.6) is 0 Å². The normalized spacial score (nSPS) is 27.0. The molecule has 23 heavy (non-hydrogen) atoms. The second-order valence-corrected chi connectivity index (χ2v) is 6.64. The first-order valence-corrected chi connectivity index (χ1v) is 8.01. The van der Waals surface area contributed by atoms with Crippen LogP contribution in [0.1, 0.15) is 18.4 Å². The van der Waals surface area contributed by atoms with Gasteiger partial charge in [-0.05, 0) is 12.5 Å². The van der Waals surface area contributed by atoms with E-state index < -0.39 is 17.6 Å². The molecule has 6 nitrogen and oxygen atoms in total. The summed E-state index contributed by atoms with van der Waals surface area (Å²) in [5.41, 5.74) is 11.8. The number of hydrogen-bond donors (Lipinski definition) is 3. The maximum atomic E-state index is 12.1. The molecule has 0 radical (unpaired) electrons. The van der Waals surface area contributed by atoms with Crippen LogP contribution in [0.15, 0.2) is 52.3 Å². The Bertz CT molecular complexity index is 777. The van der Waals surface area contributed by atoms with Crippen LogP contribution >= 0.6 is 11.8 Å². The number of nitrogens with two attached hydrogens (primary N) is 2. The van der Waals surface area contributed by atoms with Crippen LogP contribution in [0, 0.1) is 11.3 Å². The lowest BCUT2D eigenvalue weighted by molar-refractivity contribution is -0.115. The maximum Gasteiger partial charge on any atom is 0.248 e. The van der Waals surface area contributed by atoms with Gasteiger partial charge in [0, 0.05) is 5.75 Å². The van der Waals surface area contributed by atoms with Crippen molar-refractivity contribution in [2.45, 2.75) is 18.6 Å². The SMILES string of the molecule is C[C@]1(O)CSC2=C(C(N)=O)[C@H](c3ccccc3)C(C#N)=C(N)N21. The highest BCUT2D eigenvalue weighted by Gasteiger charge is 2.48. The molecule has 118 valence electrons. The zero-order valence-electron chi connectivity index (χ0n) is 12.5. The van der Waals surface area contributed by atoms with E-state index in [0.29, 0.717) is 16.4 Å². The summed E-state index contributed by atoms with van der Waals surface area (Å²) in [6.07, 6.45) is 0. The molecule has 2 aliphatic heterocycles. The van der Waals surface area contributed by atoms with Gasteiger partial charge in [-0.3, -0.25) is 9.69 Å². The van der Waals surface area contributed by atoms with E-state index in [1.54, 1.807) is 6.92 Å². The second-order valence-electron chi connectivity index (χ2n) is 5.68. The van der Waals surface area contributed by atoms with E-state index in [1.807, 2.05) is 30.3 Å². The average molecular weight is 328 g/mol. The number of amides is 1. The summed E-state index contributed by atoms with van der Waals surface area (Å²) in [7, 11) is 0. The van der Waals surface area contributed by atoms with Crippen molar-refractivity contribution >= 4 is 17.7 Å². The number of aliphatic hydroxyl groups is 1. The summed E-state index contributed by atoms with van der Waals surface area (Å²) in [6, 6.07) is 11.2. The lowest BCUT2D eigenvalue weighted by Crippen LogP contribution is -2.47. The van der Waals surface area contributed by atoms with E-state index >= 15 is 0 Å². The third-order valence-electron chi connectivity index (χ3n) is 4.01. The van der Waals surface area contributed by atoms with Crippen LogP contribution in [-0.4, -0.2) is 27.4 Å². The van der Waals surface area contributed by atoms with Gasteiger partial charge in [-0.25, -0.2) is 0 Å². The van der Waals surface area contributed by atoms with Crippen LogP contribution < -0.4 is 11.5 Å². The first kappa shape index (κ1) is 15.5. The number of carbonyl (C=O) groups is 1. The number of carbonyl (C=O) groups excluding carboxylic acids is 1. The van der Waals surface area contributed by atoms with Gasteiger partial charge in [0.2, 0.25) is 5.91 Å². The van der Waals surface area contributed by atoms with Crippen LogP contribution in [0.4, 0.5) is 0 Å². The van der Waals surface area contributed by atoms with Crippen molar-refractivity contribution in [3.05, 3.63) is 57.9 Å². The number of fused-ring (bicyclic) bond motifs is 1. The van der Waals surface area contributed by atoms with Crippen molar-refractivity contribution < 1.29 is 9.90 Å². The Morgan fingerprint density at radius 2 is 2.13 bits per heavy atom. The van der Waals surface area contributed by atoms with Crippen molar-refractivity contribution in [1.82, 2.24) is 4.90 Å². The fraction of sp³-hybridized carbons (Fsp3) is 0.250. The van der Waals surface area contributed by atoms with E-state index in [4.69, 9.17) is 11.5 Å². The molecular weight excluding hydrogens is 312 g/mol. The van der Waals surface area contributed by atoms with Crippen LogP contribution in [0.2, 0.25) is 0 Å². The van der Waals surface area contributed by atoms with E-state index in [0.717, 1.165) is 5.56 Å². The monoisotopic (exact) mass is 328 g/mol. The number of nitriles is 1. The summed E-state index contributed by atoms with van der Waals surface area (Å²) < 4.78 is 0. The van der Waals surface area contributed by atoms with Crippen LogP contribution in [0.25, 0.3) is 0 Å².